The topological polar surface area (TPSA) is 105 Å². The van der Waals surface area contributed by atoms with Gasteiger partial charge in [0.1, 0.15) is 17.2 Å². The molecular weight excluding hydrogens is 484 g/mol. The molecule has 2 N–H and O–H groups in total. The summed E-state index contributed by atoms with van der Waals surface area (Å²) in [6.07, 6.45) is 8.53. The zero-order valence-electron chi connectivity index (χ0n) is 22.5. The molecule has 38 heavy (non-hydrogen) atoms. The van der Waals surface area contributed by atoms with E-state index in [-0.39, 0.29) is 24.3 Å². The van der Waals surface area contributed by atoms with Gasteiger partial charge in [0.05, 0.1) is 6.61 Å². The van der Waals surface area contributed by atoms with E-state index in [1.807, 2.05) is 18.7 Å². The minimum Gasteiger partial charge on any atom is -0.508 e. The Balaban J connectivity index is 1.46. The van der Waals surface area contributed by atoms with Crippen LogP contribution >= 0.6 is 0 Å². The van der Waals surface area contributed by atoms with Crippen LogP contribution in [0.15, 0.2) is 30.3 Å². The van der Waals surface area contributed by atoms with Crippen LogP contribution in [0.25, 0.3) is 0 Å². The molecule has 2 aromatic carbocycles. The van der Waals surface area contributed by atoms with Crippen molar-refractivity contribution in [1.82, 2.24) is 4.90 Å². The molecule has 0 heterocycles. The molecule has 2 saturated carbocycles. The van der Waals surface area contributed by atoms with Crippen LogP contribution in [0.2, 0.25) is 0 Å². The van der Waals surface area contributed by atoms with Crippen LogP contribution in [-0.2, 0) is 25.7 Å². The van der Waals surface area contributed by atoms with Gasteiger partial charge < -0.3 is 24.8 Å². The van der Waals surface area contributed by atoms with E-state index < -0.39 is 11.9 Å². The van der Waals surface area contributed by atoms with Crippen molar-refractivity contribution in [2.24, 2.45) is 5.92 Å². The second-order valence-corrected chi connectivity index (χ2v) is 10.5. The first-order valence-corrected chi connectivity index (χ1v) is 13.6. The van der Waals surface area contributed by atoms with Crippen molar-refractivity contribution in [3.8, 4) is 17.2 Å². The third-order valence-electron chi connectivity index (χ3n) is 7.29. The Kier molecular flexibility index (Phi) is 8.92. The molecular formula is C30H38N2O6. The number of benzene rings is 2. The predicted octanol–water partition coefficient (Wildman–Crippen LogP) is 5.76. The molecule has 4 rings (SSSR count). The summed E-state index contributed by atoms with van der Waals surface area (Å²) < 4.78 is 10.9. The lowest BCUT2D eigenvalue weighted by atomic mass is 9.86. The number of aryl methyl sites for hydroxylation is 2. The number of amides is 2. The number of nitrogens with zero attached hydrogens (tertiary/aromatic N) is 1. The van der Waals surface area contributed by atoms with Crippen LogP contribution in [0.5, 0.6) is 17.2 Å². The molecule has 204 valence electrons. The average Bonchev–Trinajstić information content (AvgIpc) is 3.72. The number of rotatable bonds is 9. The first-order valence-electron chi connectivity index (χ1n) is 13.6. The van der Waals surface area contributed by atoms with E-state index in [9.17, 15) is 19.5 Å². The number of phenols is 1. The van der Waals surface area contributed by atoms with Gasteiger partial charge in [-0.3, -0.25) is 9.59 Å². The van der Waals surface area contributed by atoms with Gasteiger partial charge in [0, 0.05) is 30.3 Å². The summed E-state index contributed by atoms with van der Waals surface area (Å²) in [7, 11) is 0. The number of aromatic hydroxyl groups is 1. The highest BCUT2D eigenvalue weighted by atomic mass is 16.5. The van der Waals surface area contributed by atoms with Crippen molar-refractivity contribution in [3.05, 3.63) is 47.0 Å². The Hall–Kier alpha value is -3.55. The van der Waals surface area contributed by atoms with E-state index in [1.54, 1.807) is 37.3 Å². The third-order valence-corrected chi connectivity index (χ3v) is 7.29. The van der Waals surface area contributed by atoms with E-state index >= 15 is 0 Å². The molecule has 0 aromatic heterocycles. The van der Waals surface area contributed by atoms with Crippen molar-refractivity contribution in [1.29, 1.82) is 0 Å². The molecule has 0 saturated heterocycles. The van der Waals surface area contributed by atoms with Crippen molar-refractivity contribution >= 4 is 23.5 Å². The normalized spacial score (nSPS) is 15.6. The van der Waals surface area contributed by atoms with E-state index in [0.29, 0.717) is 41.6 Å². The molecule has 0 atom stereocenters. The van der Waals surface area contributed by atoms with Crippen molar-refractivity contribution < 1.29 is 29.0 Å². The van der Waals surface area contributed by atoms with E-state index in [4.69, 9.17) is 9.47 Å². The Morgan fingerprint density at radius 2 is 1.68 bits per heavy atom. The molecule has 0 aliphatic heterocycles. The molecule has 0 unspecified atom stereocenters. The highest BCUT2D eigenvalue weighted by Crippen LogP contribution is 2.36. The number of hydrogen-bond acceptors (Lipinski definition) is 6. The van der Waals surface area contributed by atoms with Crippen LogP contribution in [0.3, 0.4) is 0 Å². The van der Waals surface area contributed by atoms with Crippen molar-refractivity contribution in [2.75, 3.05) is 11.9 Å². The lowest BCUT2D eigenvalue weighted by molar-refractivity contribution is -0.152. The smallest absolute Gasteiger partial charge is 0.397 e. The van der Waals surface area contributed by atoms with Crippen molar-refractivity contribution in [2.45, 2.75) is 84.7 Å². The quantitative estimate of drug-likeness (QED) is 0.320. The Morgan fingerprint density at radius 1 is 1.00 bits per heavy atom. The number of carbonyl (C=O) groups is 3. The Morgan fingerprint density at radius 3 is 2.32 bits per heavy atom. The molecule has 8 heteroatoms. The zero-order chi connectivity index (χ0) is 27.2. The number of esters is 1. The summed E-state index contributed by atoms with van der Waals surface area (Å²) >= 11 is 0. The fourth-order valence-electron chi connectivity index (χ4n) is 5.18. The first-order chi connectivity index (χ1) is 18.2. The monoisotopic (exact) mass is 522 g/mol. The lowest BCUT2D eigenvalue weighted by Crippen LogP contribution is -2.34. The highest BCUT2D eigenvalue weighted by molar-refractivity contribution is 6.37. The van der Waals surface area contributed by atoms with Gasteiger partial charge in [-0.1, -0.05) is 19.3 Å². The van der Waals surface area contributed by atoms with Gasteiger partial charge in [-0.05, 0) is 93.8 Å². The third kappa shape index (κ3) is 7.05. The van der Waals surface area contributed by atoms with Crippen LogP contribution in [0, 0.1) is 19.8 Å². The van der Waals surface area contributed by atoms with E-state index in [2.05, 4.69) is 5.32 Å². The van der Waals surface area contributed by atoms with Crippen LogP contribution < -0.4 is 10.1 Å². The van der Waals surface area contributed by atoms with Gasteiger partial charge in [0.25, 0.3) is 0 Å². The molecule has 0 spiro atoms. The number of anilines is 1. The molecule has 2 aliphatic carbocycles. The van der Waals surface area contributed by atoms with Gasteiger partial charge in [-0.2, -0.15) is 0 Å². The van der Waals surface area contributed by atoms with Gasteiger partial charge in [0.2, 0.25) is 5.91 Å². The van der Waals surface area contributed by atoms with Crippen molar-refractivity contribution in [3.63, 3.8) is 0 Å². The fourth-order valence-corrected chi connectivity index (χ4v) is 5.18. The number of ether oxygens (including phenoxy) is 2. The lowest BCUT2D eigenvalue weighted by Gasteiger charge is -2.27. The maximum atomic E-state index is 13.2. The molecule has 0 radical (unpaired) electrons. The summed E-state index contributed by atoms with van der Waals surface area (Å²) in [6, 6.07) is 8.77. The average molecular weight is 523 g/mol. The molecule has 2 fully saturated rings. The maximum Gasteiger partial charge on any atom is 0.397 e. The highest BCUT2D eigenvalue weighted by Gasteiger charge is 2.34. The SMILES string of the molecule is CCOC(=O)C(=O)Nc1cc(C)c(Oc2ccc(O)c(CN(C(=O)CC3CCCCC3)C3CC3)c2)c(C)c1. The van der Waals surface area contributed by atoms with E-state index in [1.165, 1.54) is 19.3 Å². The zero-order valence-corrected chi connectivity index (χ0v) is 22.5. The molecule has 2 amide bonds. The number of carbonyl (C=O) groups excluding carboxylic acids is 3. The van der Waals surface area contributed by atoms with Crippen LogP contribution in [0.4, 0.5) is 5.69 Å². The van der Waals surface area contributed by atoms with Crippen LogP contribution in [-0.4, -0.2) is 40.4 Å². The molecule has 8 nitrogen and oxygen atoms in total. The predicted molar refractivity (Wildman–Crippen MR) is 144 cm³/mol. The number of hydrogen-bond donors (Lipinski definition) is 2. The Bertz CT molecular complexity index is 1160. The number of phenolic OH excluding ortho intramolecular Hbond substituents is 1. The van der Waals surface area contributed by atoms with E-state index in [0.717, 1.165) is 36.8 Å². The molecule has 2 aromatic rings. The second kappa shape index (κ2) is 12.3. The fraction of sp³-hybridized carbons (Fsp3) is 0.500. The van der Waals surface area contributed by atoms with Gasteiger partial charge in [-0.25, -0.2) is 4.79 Å². The second-order valence-electron chi connectivity index (χ2n) is 10.5. The summed E-state index contributed by atoms with van der Waals surface area (Å²) in [5, 5.41) is 13.2. The molecule has 2 aliphatic rings. The summed E-state index contributed by atoms with van der Waals surface area (Å²) in [4.78, 5) is 38.8. The summed E-state index contributed by atoms with van der Waals surface area (Å²) in [6.45, 7) is 5.82. The maximum absolute atomic E-state index is 13.2. The first kappa shape index (κ1) is 27.5. The summed E-state index contributed by atoms with van der Waals surface area (Å²) in [5.74, 6) is 0.178. The standard InChI is InChI=1S/C30H38N2O6/c1-4-37-30(36)29(35)31-23-14-19(2)28(20(3)15-23)38-25-12-13-26(33)22(17-25)18-32(24-10-11-24)27(34)16-21-8-6-5-7-9-21/h12-15,17,21,24,33H,4-11,16,18H2,1-3H3,(H,31,35). The molecule has 0 bridgehead atoms. The minimum absolute atomic E-state index is 0.124. The van der Waals surface area contributed by atoms with Gasteiger partial charge in [0.15, 0.2) is 0 Å². The van der Waals surface area contributed by atoms with Gasteiger partial charge >= 0.3 is 11.9 Å². The largest absolute Gasteiger partial charge is 0.508 e. The Labute approximate surface area is 224 Å². The summed E-state index contributed by atoms with van der Waals surface area (Å²) in [5.41, 5.74) is 2.65. The van der Waals surface area contributed by atoms with Crippen LogP contribution in [0.1, 0.15) is 75.0 Å². The van der Waals surface area contributed by atoms with Gasteiger partial charge in [-0.15, -0.1) is 0 Å². The number of nitrogens with one attached hydrogen (secondary N) is 1. The minimum atomic E-state index is -0.933.